The van der Waals surface area contributed by atoms with Crippen molar-refractivity contribution in [3.05, 3.63) is 27.0 Å². The molecule has 0 fully saturated rings. The molecule has 5 heteroatoms. The minimum Gasteiger partial charge on any atom is -0.393 e. The third-order valence-corrected chi connectivity index (χ3v) is 1.96. The lowest BCUT2D eigenvalue weighted by Crippen LogP contribution is -2.17. The number of aromatic nitrogens is 1. The highest BCUT2D eigenvalue weighted by Gasteiger charge is 2.10. The lowest BCUT2D eigenvalue weighted by molar-refractivity contribution is 0.317. The average Bonchev–Trinajstić information content (AvgIpc) is 2.12. The highest BCUT2D eigenvalue weighted by molar-refractivity contribution is 5.43. The van der Waals surface area contributed by atoms with Crippen molar-refractivity contribution in [3.8, 4) is 11.9 Å². The number of nitrogens with one attached hydrogen (secondary N) is 1. The molecule has 1 rings (SSSR count). The van der Waals surface area contributed by atoms with Gasteiger partial charge >= 0.3 is 0 Å². The Morgan fingerprint density at radius 2 is 2.08 bits per heavy atom. The molecule has 3 N–H and O–H groups in total. The third kappa shape index (κ3) is 1.39. The van der Waals surface area contributed by atoms with Gasteiger partial charge in [0.25, 0.3) is 5.56 Å². The van der Waals surface area contributed by atoms with Crippen LogP contribution in [0.5, 0.6) is 5.88 Å². The summed E-state index contributed by atoms with van der Waals surface area (Å²) in [6.07, 6.45) is 0. The topological polar surface area (TPSA) is 91.9 Å². The van der Waals surface area contributed by atoms with E-state index in [1.165, 1.54) is 0 Å². The van der Waals surface area contributed by atoms with Crippen molar-refractivity contribution in [2.75, 3.05) is 0 Å². The summed E-state index contributed by atoms with van der Waals surface area (Å²) < 4.78 is 0. The Kier molecular flexibility index (Phi) is 2.35. The van der Waals surface area contributed by atoms with Crippen LogP contribution in [0, 0.1) is 25.2 Å². The van der Waals surface area contributed by atoms with Gasteiger partial charge in [-0.3, -0.25) is 9.78 Å². The van der Waals surface area contributed by atoms with E-state index < -0.39 is 5.56 Å². The first kappa shape index (κ1) is 9.29. The summed E-state index contributed by atoms with van der Waals surface area (Å²) in [5.74, 6) is 5.12. The smallest absolute Gasteiger partial charge is 0.268 e. The molecule has 0 aliphatic carbocycles. The van der Waals surface area contributed by atoms with Crippen LogP contribution >= 0.6 is 0 Å². The molecule has 0 spiro atoms. The molecule has 0 aromatic carbocycles. The van der Waals surface area contributed by atoms with E-state index in [1.807, 2.05) is 6.07 Å². The highest BCUT2D eigenvalue weighted by Crippen LogP contribution is 2.16. The minimum absolute atomic E-state index is 0.0956. The van der Waals surface area contributed by atoms with Gasteiger partial charge in [0.1, 0.15) is 11.6 Å². The highest BCUT2D eigenvalue weighted by atomic mass is 16.6. The van der Waals surface area contributed by atoms with E-state index in [2.05, 4.69) is 9.82 Å². The Morgan fingerprint density at radius 3 is 2.54 bits per heavy atom. The van der Waals surface area contributed by atoms with E-state index in [-0.39, 0.29) is 11.4 Å². The van der Waals surface area contributed by atoms with Gasteiger partial charge in [0, 0.05) is 5.56 Å². The van der Waals surface area contributed by atoms with Gasteiger partial charge in [0.2, 0.25) is 5.88 Å². The molecule has 0 atom stereocenters. The predicted molar refractivity (Wildman–Crippen MR) is 46.1 cm³/mol. The van der Waals surface area contributed by atoms with Crippen LogP contribution in [0.25, 0.3) is 0 Å². The summed E-state index contributed by atoms with van der Waals surface area (Å²) in [6, 6.07) is 1.82. The monoisotopic (exact) mass is 179 g/mol. The predicted octanol–water partition coefficient (Wildman–Crippen LogP) is 0.116. The van der Waals surface area contributed by atoms with Crippen LogP contribution in [0.3, 0.4) is 0 Å². The first-order valence-corrected chi connectivity index (χ1v) is 3.62. The zero-order chi connectivity index (χ0) is 10.0. The van der Waals surface area contributed by atoms with Crippen LogP contribution in [-0.4, -0.2) is 4.98 Å². The van der Waals surface area contributed by atoms with Crippen LogP contribution in [0.4, 0.5) is 0 Å². The second-order valence-corrected chi connectivity index (χ2v) is 2.64. The first-order chi connectivity index (χ1) is 6.11. The number of hydrogen-bond donors (Lipinski definition) is 2. The molecule has 1 aromatic heterocycles. The van der Waals surface area contributed by atoms with Crippen molar-refractivity contribution in [3.63, 3.8) is 0 Å². The molecular weight excluding hydrogens is 170 g/mol. The fourth-order valence-corrected chi connectivity index (χ4v) is 1.04. The molecular formula is C8H9N3O2. The number of pyridine rings is 1. The molecule has 0 saturated heterocycles. The molecule has 13 heavy (non-hydrogen) atoms. The van der Waals surface area contributed by atoms with Gasteiger partial charge in [0.05, 0.1) is 0 Å². The Balaban J connectivity index is 3.58. The number of nitrogens with zero attached hydrogens (tertiary/aromatic N) is 1. The molecule has 0 unspecified atom stereocenters. The zero-order valence-electron chi connectivity index (χ0n) is 7.34. The Labute approximate surface area is 74.7 Å². The first-order valence-electron chi connectivity index (χ1n) is 3.62. The van der Waals surface area contributed by atoms with E-state index in [4.69, 9.17) is 11.2 Å². The molecule has 0 aliphatic rings. The Hall–Kier alpha value is -1.80. The van der Waals surface area contributed by atoms with Crippen LogP contribution in [-0.2, 0) is 0 Å². The van der Waals surface area contributed by atoms with Crippen LogP contribution in [0.1, 0.15) is 16.7 Å². The van der Waals surface area contributed by atoms with Gasteiger partial charge in [-0.05, 0) is 19.4 Å². The van der Waals surface area contributed by atoms with Crippen LogP contribution in [0.15, 0.2) is 4.79 Å². The lowest BCUT2D eigenvalue weighted by atomic mass is 10.1. The summed E-state index contributed by atoms with van der Waals surface area (Å²) in [5, 5.41) is 8.65. The van der Waals surface area contributed by atoms with Crippen LogP contribution in [0.2, 0.25) is 0 Å². The minimum atomic E-state index is -0.481. The third-order valence-electron chi connectivity index (χ3n) is 1.96. The van der Waals surface area contributed by atoms with E-state index in [9.17, 15) is 4.79 Å². The molecule has 0 aliphatic heterocycles. The van der Waals surface area contributed by atoms with Gasteiger partial charge in [-0.2, -0.15) is 11.2 Å². The summed E-state index contributed by atoms with van der Waals surface area (Å²) in [5.41, 5.74) is 0.870. The standard InChI is InChI=1S/C8H9N3O2/c1-4-5(2)8(13-10)11-7(12)6(4)3-9/h10H2,1-2H3,(H,11,12). The van der Waals surface area contributed by atoms with Gasteiger partial charge < -0.3 is 4.84 Å². The van der Waals surface area contributed by atoms with Crippen molar-refractivity contribution in [2.24, 2.45) is 5.90 Å². The van der Waals surface area contributed by atoms with Crippen molar-refractivity contribution in [2.45, 2.75) is 13.8 Å². The maximum absolute atomic E-state index is 11.2. The second-order valence-electron chi connectivity index (χ2n) is 2.64. The average molecular weight is 179 g/mol. The maximum Gasteiger partial charge on any atom is 0.268 e. The van der Waals surface area contributed by atoms with Gasteiger partial charge in [-0.15, -0.1) is 0 Å². The lowest BCUT2D eigenvalue weighted by Gasteiger charge is -2.06. The largest absolute Gasteiger partial charge is 0.393 e. The number of rotatable bonds is 1. The SMILES string of the molecule is Cc1c(ON)[nH]c(=O)c(C#N)c1C. The van der Waals surface area contributed by atoms with E-state index in [0.717, 1.165) is 0 Å². The Bertz CT molecular complexity index is 428. The number of nitrogens with two attached hydrogens (primary N) is 1. The van der Waals surface area contributed by atoms with Crippen molar-refractivity contribution >= 4 is 0 Å². The number of H-pyrrole nitrogens is 1. The van der Waals surface area contributed by atoms with Gasteiger partial charge in [0.15, 0.2) is 0 Å². The van der Waals surface area contributed by atoms with Crippen LogP contribution < -0.4 is 16.3 Å². The summed E-state index contributed by atoms with van der Waals surface area (Å²) in [6.45, 7) is 3.39. The Morgan fingerprint density at radius 1 is 1.46 bits per heavy atom. The molecule has 0 saturated carbocycles. The fraction of sp³-hybridized carbons (Fsp3) is 0.250. The van der Waals surface area contributed by atoms with Gasteiger partial charge in [-0.25, -0.2) is 0 Å². The van der Waals surface area contributed by atoms with Crippen molar-refractivity contribution < 1.29 is 4.84 Å². The summed E-state index contributed by atoms with van der Waals surface area (Å²) >= 11 is 0. The molecule has 0 radical (unpaired) electrons. The fourth-order valence-electron chi connectivity index (χ4n) is 1.04. The van der Waals surface area contributed by atoms with Crippen molar-refractivity contribution in [1.82, 2.24) is 4.98 Å². The summed E-state index contributed by atoms with van der Waals surface area (Å²) in [4.78, 5) is 18.0. The number of aromatic amines is 1. The van der Waals surface area contributed by atoms with Crippen molar-refractivity contribution in [1.29, 1.82) is 5.26 Å². The molecule has 68 valence electrons. The molecule has 1 aromatic rings. The quantitative estimate of drug-likeness (QED) is 0.599. The second kappa shape index (κ2) is 3.29. The molecule has 0 amide bonds. The number of hydrogen-bond acceptors (Lipinski definition) is 4. The normalized spacial score (nSPS) is 9.38. The van der Waals surface area contributed by atoms with Gasteiger partial charge in [-0.1, -0.05) is 0 Å². The zero-order valence-corrected chi connectivity index (χ0v) is 7.34. The number of nitriles is 1. The maximum atomic E-state index is 11.2. The van der Waals surface area contributed by atoms with E-state index in [0.29, 0.717) is 11.1 Å². The molecule has 1 heterocycles. The molecule has 0 bridgehead atoms. The molecule has 5 nitrogen and oxygen atoms in total. The van der Waals surface area contributed by atoms with E-state index in [1.54, 1.807) is 13.8 Å². The summed E-state index contributed by atoms with van der Waals surface area (Å²) in [7, 11) is 0. The van der Waals surface area contributed by atoms with E-state index >= 15 is 0 Å².